The van der Waals surface area contributed by atoms with Gasteiger partial charge in [0.05, 0.1) is 10.4 Å². The lowest BCUT2D eigenvalue weighted by molar-refractivity contribution is -0.139. The van der Waals surface area contributed by atoms with E-state index in [0.29, 0.717) is 10.6 Å². The molecule has 0 fully saturated rings. The molecule has 0 spiro atoms. The van der Waals surface area contributed by atoms with E-state index in [4.69, 9.17) is 4.42 Å². The number of hydrogen-bond acceptors (Lipinski definition) is 6. The number of carboxylic acid groups (broad SMARTS) is 1. The highest BCUT2D eigenvalue weighted by molar-refractivity contribution is 7.98. The van der Waals surface area contributed by atoms with Crippen molar-refractivity contribution in [2.24, 2.45) is 0 Å². The molecule has 0 radical (unpaired) electrons. The van der Waals surface area contributed by atoms with E-state index in [-0.39, 0.29) is 28.7 Å². The molecule has 2 heterocycles. The number of thiophene rings is 1. The van der Waals surface area contributed by atoms with Crippen LogP contribution in [-0.2, 0) is 16.7 Å². The molecule has 11 heteroatoms. The number of oxazole rings is 1. The second-order valence-corrected chi connectivity index (χ2v) is 10.9. The van der Waals surface area contributed by atoms with Gasteiger partial charge in [-0.15, -0.1) is 11.3 Å². The van der Waals surface area contributed by atoms with Gasteiger partial charge >= 0.3 is 12.1 Å². The number of rotatable bonds is 9. The molecular weight excluding hydrogens is 561 g/mol. The molecule has 0 aliphatic rings. The third-order valence-electron chi connectivity index (χ3n) is 5.95. The maximum Gasteiger partial charge on any atom is 0.416 e. The van der Waals surface area contributed by atoms with Crippen LogP contribution in [0.5, 0.6) is 0 Å². The Morgan fingerprint density at radius 2 is 1.70 bits per heavy atom. The lowest BCUT2D eigenvalue weighted by Crippen LogP contribution is -2.42. The summed E-state index contributed by atoms with van der Waals surface area (Å²) in [6.45, 7) is 0. The minimum absolute atomic E-state index is 0.0586. The molecule has 1 atom stereocenters. The van der Waals surface area contributed by atoms with Crippen molar-refractivity contribution in [2.75, 3.05) is 5.75 Å². The first-order valence-corrected chi connectivity index (χ1v) is 14.0. The maximum absolute atomic E-state index is 13.4. The number of benzene rings is 3. The number of nitrogens with zero attached hydrogens (tertiary/aromatic N) is 1. The second-order valence-electron chi connectivity index (χ2n) is 8.79. The molecule has 5 rings (SSSR count). The molecule has 40 heavy (non-hydrogen) atoms. The van der Waals surface area contributed by atoms with Crippen LogP contribution in [0.1, 0.15) is 21.6 Å². The van der Waals surface area contributed by atoms with Crippen LogP contribution in [0.2, 0.25) is 0 Å². The van der Waals surface area contributed by atoms with Crippen LogP contribution >= 0.6 is 23.1 Å². The molecule has 0 bridgehead atoms. The largest absolute Gasteiger partial charge is 0.480 e. The van der Waals surface area contributed by atoms with E-state index in [1.165, 1.54) is 35.2 Å². The molecule has 5 aromatic rings. The van der Waals surface area contributed by atoms with Crippen LogP contribution in [0.15, 0.2) is 89.3 Å². The SMILES string of the molecule is O=C(NC(CSCc1ccccc1)C(=O)O)c1nc(-c2ccc(C(F)(F)F)cc2)oc1-c1cc2ccccc2s1. The highest BCUT2D eigenvalue weighted by Gasteiger charge is 2.31. The zero-order valence-corrected chi connectivity index (χ0v) is 22.3. The molecule has 0 saturated heterocycles. The minimum Gasteiger partial charge on any atom is -0.480 e. The molecule has 1 unspecified atom stereocenters. The van der Waals surface area contributed by atoms with Crippen LogP contribution in [-0.4, -0.2) is 33.8 Å². The first-order valence-electron chi connectivity index (χ1n) is 12.0. The smallest absolute Gasteiger partial charge is 0.416 e. The van der Waals surface area contributed by atoms with E-state index in [1.807, 2.05) is 60.7 Å². The second kappa shape index (κ2) is 11.6. The zero-order chi connectivity index (χ0) is 28.3. The summed E-state index contributed by atoms with van der Waals surface area (Å²) < 4.78 is 46.0. The van der Waals surface area contributed by atoms with Gasteiger partial charge in [0.1, 0.15) is 6.04 Å². The number of alkyl halides is 3. The number of carbonyl (C=O) groups excluding carboxylic acids is 1. The Labute approximate surface area is 234 Å². The van der Waals surface area contributed by atoms with Gasteiger partial charge < -0.3 is 14.8 Å². The molecule has 2 aromatic heterocycles. The number of nitrogens with one attached hydrogen (secondary N) is 1. The van der Waals surface area contributed by atoms with Crippen LogP contribution in [0.4, 0.5) is 13.2 Å². The zero-order valence-electron chi connectivity index (χ0n) is 20.6. The fourth-order valence-corrected chi connectivity index (χ4v) is 5.98. The lowest BCUT2D eigenvalue weighted by Gasteiger charge is -2.13. The van der Waals surface area contributed by atoms with E-state index in [1.54, 1.807) is 0 Å². The molecule has 1 amide bonds. The summed E-state index contributed by atoms with van der Waals surface area (Å²) in [5.41, 5.74) is 0.277. The molecule has 0 saturated carbocycles. The summed E-state index contributed by atoms with van der Waals surface area (Å²) in [6, 6.07) is 21.9. The van der Waals surface area contributed by atoms with Crippen molar-refractivity contribution < 1.29 is 32.3 Å². The van der Waals surface area contributed by atoms with Crippen molar-refractivity contribution in [1.82, 2.24) is 10.3 Å². The summed E-state index contributed by atoms with van der Waals surface area (Å²) in [5.74, 6) is -1.25. The van der Waals surface area contributed by atoms with E-state index >= 15 is 0 Å². The van der Waals surface area contributed by atoms with Gasteiger partial charge in [0.15, 0.2) is 11.5 Å². The Hall–Kier alpha value is -4.09. The average molecular weight is 583 g/mol. The monoisotopic (exact) mass is 582 g/mol. The number of halogens is 3. The number of amides is 1. The molecule has 3 aromatic carbocycles. The quantitative estimate of drug-likeness (QED) is 0.189. The number of aromatic nitrogens is 1. The number of fused-ring (bicyclic) bond motifs is 1. The highest BCUT2D eigenvalue weighted by atomic mass is 32.2. The number of thioether (sulfide) groups is 1. The van der Waals surface area contributed by atoms with Crippen LogP contribution in [0, 0.1) is 0 Å². The summed E-state index contributed by atoms with van der Waals surface area (Å²) in [5, 5.41) is 13.2. The number of carbonyl (C=O) groups is 2. The van der Waals surface area contributed by atoms with Crippen molar-refractivity contribution >= 4 is 45.1 Å². The van der Waals surface area contributed by atoms with Crippen molar-refractivity contribution in [3.8, 4) is 22.1 Å². The molecule has 2 N–H and O–H groups in total. The van der Waals surface area contributed by atoms with Crippen LogP contribution < -0.4 is 5.32 Å². The molecule has 6 nitrogen and oxygen atoms in total. The lowest BCUT2D eigenvalue weighted by atomic mass is 10.1. The average Bonchev–Trinajstić information content (AvgIpc) is 3.57. The topological polar surface area (TPSA) is 92.4 Å². The van der Waals surface area contributed by atoms with E-state index in [0.717, 1.165) is 27.8 Å². The molecule has 0 aliphatic heterocycles. The van der Waals surface area contributed by atoms with Gasteiger partial charge in [-0.1, -0.05) is 48.5 Å². The minimum atomic E-state index is -4.51. The normalized spacial score (nSPS) is 12.4. The van der Waals surface area contributed by atoms with Crippen molar-refractivity contribution in [3.63, 3.8) is 0 Å². The van der Waals surface area contributed by atoms with Gasteiger partial charge in [-0.05, 0) is 47.3 Å². The molecular formula is C29H21F3N2O4S2. The Balaban J connectivity index is 1.44. The Morgan fingerprint density at radius 3 is 2.38 bits per heavy atom. The van der Waals surface area contributed by atoms with Gasteiger partial charge in [-0.3, -0.25) is 4.79 Å². The first-order chi connectivity index (χ1) is 19.2. The van der Waals surface area contributed by atoms with E-state index < -0.39 is 29.7 Å². The summed E-state index contributed by atoms with van der Waals surface area (Å²) in [4.78, 5) is 30.2. The van der Waals surface area contributed by atoms with E-state index in [2.05, 4.69) is 10.3 Å². The van der Waals surface area contributed by atoms with Crippen LogP contribution in [0.25, 0.3) is 32.2 Å². The van der Waals surface area contributed by atoms with E-state index in [9.17, 15) is 27.9 Å². The molecule has 204 valence electrons. The number of hydrogen-bond donors (Lipinski definition) is 2. The summed E-state index contributed by atoms with van der Waals surface area (Å²) in [6.07, 6.45) is -4.51. The number of carboxylic acids is 1. The first kappa shape index (κ1) is 27.5. The predicted octanol–water partition coefficient (Wildman–Crippen LogP) is 7.36. The Morgan fingerprint density at radius 1 is 1.00 bits per heavy atom. The highest BCUT2D eigenvalue weighted by Crippen LogP contribution is 2.38. The predicted molar refractivity (Wildman–Crippen MR) is 149 cm³/mol. The number of aliphatic carboxylic acids is 1. The third kappa shape index (κ3) is 6.21. The van der Waals surface area contributed by atoms with Crippen molar-refractivity contribution in [2.45, 2.75) is 18.0 Å². The van der Waals surface area contributed by atoms with Gasteiger partial charge in [-0.2, -0.15) is 24.9 Å². The van der Waals surface area contributed by atoms with Crippen molar-refractivity contribution in [1.29, 1.82) is 0 Å². The fraction of sp³-hybridized carbons (Fsp3) is 0.138. The van der Waals surface area contributed by atoms with Gasteiger partial charge in [0.2, 0.25) is 5.89 Å². The standard InChI is InChI=1S/C29H21F3N2O4S2/c30-29(31,32)20-12-10-18(11-13-20)27-34-24(25(38-27)23-14-19-8-4-5-9-22(19)40-23)26(35)33-21(28(36)37)16-39-15-17-6-2-1-3-7-17/h1-14,21H,15-16H2,(H,33,35)(H,36,37). The van der Waals surface area contributed by atoms with Gasteiger partial charge in [0.25, 0.3) is 5.91 Å². The summed E-state index contributed by atoms with van der Waals surface area (Å²) in [7, 11) is 0. The van der Waals surface area contributed by atoms with Crippen LogP contribution in [0.3, 0.4) is 0 Å². The third-order valence-corrected chi connectivity index (χ3v) is 8.17. The van der Waals surface area contributed by atoms with Crippen molar-refractivity contribution in [3.05, 3.63) is 102 Å². The Bertz CT molecular complexity index is 1610. The van der Waals surface area contributed by atoms with Gasteiger partial charge in [0, 0.05) is 21.8 Å². The summed E-state index contributed by atoms with van der Waals surface area (Å²) >= 11 is 2.71. The Kier molecular flexibility index (Phi) is 7.95. The molecule has 0 aliphatic carbocycles. The maximum atomic E-state index is 13.4. The fourth-order valence-electron chi connectivity index (χ4n) is 3.93. The van der Waals surface area contributed by atoms with Gasteiger partial charge in [-0.25, -0.2) is 9.78 Å².